The Labute approximate surface area is 107 Å². The fourth-order valence-corrected chi connectivity index (χ4v) is 3.04. The van der Waals surface area contributed by atoms with E-state index < -0.39 is 0 Å². The van der Waals surface area contributed by atoms with E-state index in [4.69, 9.17) is 5.11 Å². The van der Waals surface area contributed by atoms with Crippen LogP contribution < -0.4 is 10.2 Å². The summed E-state index contributed by atoms with van der Waals surface area (Å²) < 4.78 is 0. The van der Waals surface area contributed by atoms with Crippen molar-refractivity contribution in [3.8, 4) is 0 Å². The van der Waals surface area contributed by atoms with E-state index in [1.165, 1.54) is 0 Å². The van der Waals surface area contributed by atoms with Crippen LogP contribution in [0, 0.1) is 6.92 Å². The quantitative estimate of drug-likeness (QED) is 0.853. The first kappa shape index (κ1) is 12.8. The Hall–Kier alpha value is -0.650. The summed E-state index contributed by atoms with van der Waals surface area (Å²) in [7, 11) is 0. The zero-order chi connectivity index (χ0) is 12.3. The average molecular weight is 255 g/mol. The molecule has 0 bridgehead atoms. The second-order valence-electron chi connectivity index (χ2n) is 4.78. The largest absolute Gasteiger partial charge is 0.395 e. The summed E-state index contributed by atoms with van der Waals surface area (Å²) >= 11 is 1.73. The van der Waals surface area contributed by atoms with Gasteiger partial charge in [-0.25, -0.2) is 4.98 Å². The van der Waals surface area contributed by atoms with Gasteiger partial charge < -0.3 is 15.3 Å². The van der Waals surface area contributed by atoms with Crippen molar-refractivity contribution >= 4 is 16.5 Å². The number of hydrogen-bond donors (Lipinski definition) is 2. The van der Waals surface area contributed by atoms with Gasteiger partial charge in [0.05, 0.1) is 12.3 Å². The number of anilines is 1. The van der Waals surface area contributed by atoms with E-state index >= 15 is 0 Å². The molecule has 0 aromatic carbocycles. The van der Waals surface area contributed by atoms with Crippen LogP contribution in [0.1, 0.15) is 25.5 Å². The number of nitrogens with zero attached hydrogens (tertiary/aromatic N) is 2. The second kappa shape index (κ2) is 5.80. The number of rotatable bonds is 4. The van der Waals surface area contributed by atoms with Crippen molar-refractivity contribution in [2.45, 2.75) is 38.8 Å². The zero-order valence-corrected chi connectivity index (χ0v) is 11.3. The number of piperidine rings is 1. The number of thiazole rings is 1. The minimum absolute atomic E-state index is 0.202. The van der Waals surface area contributed by atoms with E-state index in [-0.39, 0.29) is 12.6 Å². The first-order valence-electron chi connectivity index (χ1n) is 6.23. The summed E-state index contributed by atoms with van der Waals surface area (Å²) in [5.74, 6) is 0. The molecule has 1 saturated heterocycles. The third kappa shape index (κ3) is 3.40. The summed E-state index contributed by atoms with van der Waals surface area (Å²) in [6, 6.07) is 0.739. The number of hydrogen-bond acceptors (Lipinski definition) is 5. The van der Waals surface area contributed by atoms with Gasteiger partial charge in [-0.1, -0.05) is 0 Å². The van der Waals surface area contributed by atoms with Gasteiger partial charge in [-0.15, -0.1) is 11.3 Å². The molecule has 1 aromatic rings. The van der Waals surface area contributed by atoms with Crippen LogP contribution in [0.5, 0.6) is 0 Å². The predicted molar refractivity (Wildman–Crippen MR) is 71.8 cm³/mol. The standard InChI is InChI=1S/C12H21N3OS/c1-9(7-16)13-11-3-5-15(6-4-11)12-14-10(2)8-17-12/h8-9,11,13,16H,3-7H2,1-2H3. The van der Waals surface area contributed by atoms with Crippen molar-refractivity contribution in [3.05, 3.63) is 11.1 Å². The SMILES string of the molecule is Cc1csc(N2CCC(NC(C)CO)CC2)n1. The topological polar surface area (TPSA) is 48.4 Å². The van der Waals surface area contributed by atoms with Crippen LogP contribution >= 0.6 is 11.3 Å². The number of aliphatic hydroxyl groups excluding tert-OH is 1. The first-order chi connectivity index (χ1) is 8.19. The van der Waals surface area contributed by atoms with Crippen molar-refractivity contribution in [3.63, 3.8) is 0 Å². The summed E-state index contributed by atoms with van der Waals surface area (Å²) in [4.78, 5) is 6.88. The molecule has 1 aliphatic heterocycles. The minimum Gasteiger partial charge on any atom is -0.395 e. The maximum atomic E-state index is 9.02. The van der Waals surface area contributed by atoms with Crippen LogP contribution in [0.3, 0.4) is 0 Å². The molecule has 0 radical (unpaired) electrons. The Kier molecular flexibility index (Phi) is 4.36. The molecule has 1 aliphatic rings. The second-order valence-corrected chi connectivity index (χ2v) is 5.62. The van der Waals surface area contributed by atoms with Crippen LogP contribution in [0.4, 0.5) is 5.13 Å². The van der Waals surface area contributed by atoms with Crippen LogP contribution in [0.25, 0.3) is 0 Å². The molecule has 2 N–H and O–H groups in total. The molecule has 1 atom stereocenters. The van der Waals surface area contributed by atoms with E-state index in [0.717, 1.165) is 36.8 Å². The Balaban J connectivity index is 1.82. The lowest BCUT2D eigenvalue weighted by Gasteiger charge is -2.33. The van der Waals surface area contributed by atoms with E-state index in [9.17, 15) is 0 Å². The smallest absolute Gasteiger partial charge is 0.185 e. The molecule has 4 nitrogen and oxygen atoms in total. The molecule has 2 heterocycles. The van der Waals surface area contributed by atoms with Gasteiger partial charge in [0.1, 0.15) is 0 Å². The molecule has 1 aromatic heterocycles. The number of nitrogens with one attached hydrogen (secondary N) is 1. The van der Waals surface area contributed by atoms with Gasteiger partial charge in [0.15, 0.2) is 5.13 Å². The summed E-state index contributed by atoms with van der Waals surface area (Å²) in [6.07, 6.45) is 2.26. The minimum atomic E-state index is 0.202. The van der Waals surface area contributed by atoms with Crippen LogP contribution in [-0.2, 0) is 0 Å². The highest BCUT2D eigenvalue weighted by atomic mass is 32.1. The van der Waals surface area contributed by atoms with E-state index in [0.29, 0.717) is 6.04 Å². The fraction of sp³-hybridized carbons (Fsp3) is 0.750. The fourth-order valence-electron chi connectivity index (χ4n) is 2.18. The lowest BCUT2D eigenvalue weighted by molar-refractivity contribution is 0.233. The van der Waals surface area contributed by atoms with Gasteiger partial charge in [0.25, 0.3) is 0 Å². The third-order valence-corrected chi connectivity index (χ3v) is 4.19. The monoisotopic (exact) mass is 255 g/mol. The molecule has 0 spiro atoms. The van der Waals surface area contributed by atoms with Gasteiger partial charge in [-0.2, -0.15) is 0 Å². The summed E-state index contributed by atoms with van der Waals surface area (Å²) in [6.45, 7) is 6.39. The van der Waals surface area contributed by atoms with E-state index in [1.807, 2.05) is 13.8 Å². The molecule has 96 valence electrons. The first-order valence-corrected chi connectivity index (χ1v) is 7.11. The van der Waals surface area contributed by atoms with E-state index in [1.54, 1.807) is 11.3 Å². The Morgan fingerprint density at radius 1 is 1.59 bits per heavy atom. The molecule has 2 rings (SSSR count). The maximum Gasteiger partial charge on any atom is 0.185 e. The van der Waals surface area contributed by atoms with Crippen molar-refractivity contribution in [2.24, 2.45) is 0 Å². The van der Waals surface area contributed by atoms with Gasteiger partial charge >= 0.3 is 0 Å². The molecule has 0 saturated carbocycles. The van der Waals surface area contributed by atoms with Gasteiger partial charge in [0.2, 0.25) is 0 Å². The Morgan fingerprint density at radius 2 is 2.29 bits per heavy atom. The third-order valence-electron chi connectivity index (χ3n) is 3.17. The summed E-state index contributed by atoms with van der Waals surface area (Å²) in [5.41, 5.74) is 1.11. The maximum absolute atomic E-state index is 9.02. The van der Waals surface area contributed by atoms with Gasteiger partial charge in [-0.3, -0.25) is 0 Å². The molecule has 1 unspecified atom stereocenters. The lowest BCUT2D eigenvalue weighted by Crippen LogP contribution is -2.46. The average Bonchev–Trinajstić information content (AvgIpc) is 2.77. The lowest BCUT2D eigenvalue weighted by atomic mass is 10.0. The molecule has 0 aliphatic carbocycles. The van der Waals surface area contributed by atoms with Gasteiger partial charge in [0, 0.05) is 30.6 Å². The van der Waals surface area contributed by atoms with Crippen LogP contribution in [0.2, 0.25) is 0 Å². The highest BCUT2D eigenvalue weighted by Gasteiger charge is 2.21. The number of aliphatic hydroxyl groups is 1. The van der Waals surface area contributed by atoms with E-state index in [2.05, 4.69) is 20.6 Å². The van der Waals surface area contributed by atoms with Crippen molar-refractivity contribution in [2.75, 3.05) is 24.6 Å². The van der Waals surface area contributed by atoms with Crippen molar-refractivity contribution in [1.29, 1.82) is 0 Å². The number of aryl methyl sites for hydroxylation is 1. The van der Waals surface area contributed by atoms with Crippen LogP contribution in [0.15, 0.2) is 5.38 Å². The Morgan fingerprint density at radius 3 is 2.82 bits per heavy atom. The molecule has 1 fully saturated rings. The van der Waals surface area contributed by atoms with Crippen LogP contribution in [-0.4, -0.2) is 41.9 Å². The zero-order valence-electron chi connectivity index (χ0n) is 10.5. The molecule has 17 heavy (non-hydrogen) atoms. The summed E-state index contributed by atoms with van der Waals surface area (Å²) in [5, 5.41) is 15.7. The molecular weight excluding hydrogens is 234 g/mol. The van der Waals surface area contributed by atoms with Crippen molar-refractivity contribution < 1.29 is 5.11 Å². The predicted octanol–water partition coefficient (Wildman–Crippen LogP) is 1.39. The highest BCUT2D eigenvalue weighted by molar-refractivity contribution is 7.13. The Bertz CT molecular complexity index is 347. The van der Waals surface area contributed by atoms with Crippen molar-refractivity contribution in [1.82, 2.24) is 10.3 Å². The molecule has 5 heteroatoms. The molecular formula is C12H21N3OS. The number of aromatic nitrogens is 1. The van der Waals surface area contributed by atoms with Gasteiger partial charge in [-0.05, 0) is 26.7 Å². The normalized spacial score (nSPS) is 19.6. The molecule has 0 amide bonds. The highest BCUT2D eigenvalue weighted by Crippen LogP contribution is 2.23.